The summed E-state index contributed by atoms with van der Waals surface area (Å²) in [7, 11) is 3.34. The number of nitrogens with zero attached hydrogens (tertiary/aromatic N) is 3. The Labute approximate surface area is 155 Å². The van der Waals surface area contributed by atoms with Gasteiger partial charge in [-0.3, -0.25) is 9.59 Å². The van der Waals surface area contributed by atoms with E-state index < -0.39 is 0 Å². The molecular formula is C19H18N4O4. The van der Waals surface area contributed by atoms with Crippen molar-refractivity contribution in [3.05, 3.63) is 60.5 Å². The van der Waals surface area contributed by atoms with Crippen LogP contribution in [0.3, 0.4) is 0 Å². The van der Waals surface area contributed by atoms with Gasteiger partial charge >= 0.3 is 0 Å². The summed E-state index contributed by atoms with van der Waals surface area (Å²) in [6, 6.07) is 13.7. The van der Waals surface area contributed by atoms with Crippen molar-refractivity contribution in [3.63, 3.8) is 0 Å². The van der Waals surface area contributed by atoms with Gasteiger partial charge in [0.25, 0.3) is 11.8 Å². The highest BCUT2D eigenvalue weighted by atomic mass is 16.5. The lowest BCUT2D eigenvalue weighted by Crippen LogP contribution is -2.23. The molecule has 0 spiro atoms. The van der Waals surface area contributed by atoms with Crippen molar-refractivity contribution >= 4 is 17.5 Å². The minimum atomic E-state index is -0.340. The maximum absolute atomic E-state index is 12.1. The summed E-state index contributed by atoms with van der Waals surface area (Å²) in [6.07, 6.45) is 1.24. The molecule has 0 saturated heterocycles. The Bertz CT molecular complexity index is 938. The zero-order valence-corrected chi connectivity index (χ0v) is 14.9. The minimum Gasteiger partial charge on any atom is -0.484 e. The molecule has 0 aliphatic rings. The zero-order chi connectivity index (χ0) is 19.2. The number of benzene rings is 2. The summed E-state index contributed by atoms with van der Waals surface area (Å²) >= 11 is 0. The van der Waals surface area contributed by atoms with Crippen molar-refractivity contribution in [1.29, 1.82) is 0 Å². The number of hydrogen-bond donors (Lipinski definition) is 1. The third-order valence-electron chi connectivity index (χ3n) is 3.61. The van der Waals surface area contributed by atoms with Gasteiger partial charge in [-0.25, -0.2) is 0 Å². The molecule has 0 radical (unpaired) electrons. The molecule has 0 fully saturated rings. The Hall–Kier alpha value is -3.68. The fraction of sp³-hybridized carbons (Fsp3) is 0.158. The number of carbonyl (C=O) groups excluding carboxylic acids is 2. The molecule has 3 aromatic rings. The standard InChI is InChI=1S/C19H18N4O4/c1-23(2)19(25)14-6-3-7-15(9-14)21-17(24)11-26-16-8-4-5-13(10-16)18-22-20-12-27-18/h3-10,12H,11H2,1-2H3,(H,21,24). The monoisotopic (exact) mass is 366 g/mol. The van der Waals surface area contributed by atoms with Crippen molar-refractivity contribution in [1.82, 2.24) is 15.1 Å². The van der Waals surface area contributed by atoms with Crippen LogP contribution in [0.15, 0.2) is 59.3 Å². The Morgan fingerprint density at radius 3 is 2.70 bits per heavy atom. The van der Waals surface area contributed by atoms with Gasteiger partial charge < -0.3 is 19.4 Å². The summed E-state index contributed by atoms with van der Waals surface area (Å²) in [6.45, 7) is -0.181. The first kappa shape index (κ1) is 18.1. The second-order valence-corrected chi connectivity index (χ2v) is 5.89. The number of aromatic nitrogens is 2. The summed E-state index contributed by atoms with van der Waals surface area (Å²) < 4.78 is 10.7. The van der Waals surface area contributed by atoms with Crippen LogP contribution < -0.4 is 10.1 Å². The Morgan fingerprint density at radius 1 is 1.15 bits per heavy atom. The molecule has 0 atom stereocenters. The molecule has 27 heavy (non-hydrogen) atoms. The summed E-state index contributed by atoms with van der Waals surface area (Å²) in [5.41, 5.74) is 1.71. The van der Waals surface area contributed by atoms with E-state index in [1.807, 2.05) is 0 Å². The van der Waals surface area contributed by atoms with E-state index in [9.17, 15) is 9.59 Å². The van der Waals surface area contributed by atoms with Crippen LogP contribution in [0.1, 0.15) is 10.4 Å². The van der Waals surface area contributed by atoms with E-state index in [0.29, 0.717) is 28.5 Å². The number of ether oxygens (including phenoxy) is 1. The van der Waals surface area contributed by atoms with Gasteiger partial charge in [0.05, 0.1) is 0 Å². The Morgan fingerprint density at radius 2 is 1.96 bits per heavy atom. The topological polar surface area (TPSA) is 97.6 Å². The fourth-order valence-electron chi connectivity index (χ4n) is 2.35. The molecule has 8 heteroatoms. The van der Waals surface area contributed by atoms with Crippen LogP contribution in [0.4, 0.5) is 5.69 Å². The molecule has 138 valence electrons. The lowest BCUT2D eigenvalue weighted by Gasteiger charge is -2.12. The molecular weight excluding hydrogens is 348 g/mol. The maximum Gasteiger partial charge on any atom is 0.262 e. The number of amides is 2. The van der Waals surface area contributed by atoms with Crippen LogP contribution in [0, 0.1) is 0 Å². The third-order valence-corrected chi connectivity index (χ3v) is 3.61. The molecule has 0 bridgehead atoms. The van der Waals surface area contributed by atoms with Crippen LogP contribution in [0.2, 0.25) is 0 Å². The summed E-state index contributed by atoms with van der Waals surface area (Å²) in [5, 5.41) is 10.2. The van der Waals surface area contributed by atoms with Crippen molar-refractivity contribution in [3.8, 4) is 17.2 Å². The molecule has 0 saturated carbocycles. The minimum absolute atomic E-state index is 0.139. The summed E-state index contributed by atoms with van der Waals surface area (Å²) in [5.74, 6) is 0.387. The second-order valence-electron chi connectivity index (χ2n) is 5.89. The lowest BCUT2D eigenvalue weighted by atomic mass is 10.2. The van der Waals surface area contributed by atoms with Gasteiger partial charge in [0.1, 0.15) is 5.75 Å². The fourth-order valence-corrected chi connectivity index (χ4v) is 2.35. The molecule has 0 unspecified atom stereocenters. The van der Waals surface area contributed by atoms with Crippen LogP contribution in [0.25, 0.3) is 11.5 Å². The SMILES string of the molecule is CN(C)C(=O)c1cccc(NC(=O)COc2cccc(-c3nnco3)c2)c1. The van der Waals surface area contributed by atoms with E-state index in [0.717, 1.165) is 0 Å². The number of nitrogens with one attached hydrogen (secondary N) is 1. The van der Waals surface area contributed by atoms with E-state index in [1.165, 1.54) is 11.3 Å². The molecule has 1 heterocycles. The van der Waals surface area contributed by atoms with E-state index in [2.05, 4.69) is 15.5 Å². The first-order valence-corrected chi connectivity index (χ1v) is 8.14. The average Bonchev–Trinajstić information content (AvgIpc) is 3.21. The molecule has 3 rings (SSSR count). The van der Waals surface area contributed by atoms with E-state index in [4.69, 9.17) is 9.15 Å². The lowest BCUT2D eigenvalue weighted by molar-refractivity contribution is -0.118. The highest BCUT2D eigenvalue weighted by Gasteiger charge is 2.10. The molecule has 0 aliphatic carbocycles. The molecule has 1 aromatic heterocycles. The number of hydrogen-bond acceptors (Lipinski definition) is 6. The molecule has 8 nitrogen and oxygen atoms in total. The molecule has 0 aliphatic heterocycles. The third kappa shape index (κ3) is 4.69. The highest BCUT2D eigenvalue weighted by molar-refractivity contribution is 5.97. The predicted octanol–water partition coefficient (Wildman–Crippen LogP) is 2.46. The maximum atomic E-state index is 12.1. The number of anilines is 1. The number of rotatable bonds is 6. The quantitative estimate of drug-likeness (QED) is 0.720. The van der Waals surface area contributed by atoms with Crippen LogP contribution in [-0.4, -0.2) is 47.6 Å². The van der Waals surface area contributed by atoms with Crippen molar-refractivity contribution in [2.45, 2.75) is 0 Å². The average molecular weight is 366 g/mol. The molecule has 2 aromatic carbocycles. The zero-order valence-electron chi connectivity index (χ0n) is 14.9. The van der Waals surface area contributed by atoms with Gasteiger partial charge in [-0.1, -0.05) is 12.1 Å². The van der Waals surface area contributed by atoms with Gasteiger partial charge in [-0.2, -0.15) is 0 Å². The van der Waals surface area contributed by atoms with E-state index in [1.54, 1.807) is 62.6 Å². The van der Waals surface area contributed by atoms with Crippen molar-refractivity contribution < 1.29 is 18.7 Å². The van der Waals surface area contributed by atoms with Crippen molar-refractivity contribution in [2.75, 3.05) is 26.0 Å². The van der Waals surface area contributed by atoms with Gasteiger partial charge in [-0.15, -0.1) is 10.2 Å². The smallest absolute Gasteiger partial charge is 0.262 e. The van der Waals surface area contributed by atoms with Gasteiger partial charge in [0.2, 0.25) is 12.3 Å². The van der Waals surface area contributed by atoms with Gasteiger partial charge in [-0.05, 0) is 36.4 Å². The second kappa shape index (κ2) is 8.13. The van der Waals surface area contributed by atoms with Crippen molar-refractivity contribution in [2.24, 2.45) is 0 Å². The van der Waals surface area contributed by atoms with Crippen LogP contribution in [0.5, 0.6) is 5.75 Å². The van der Waals surface area contributed by atoms with Crippen LogP contribution >= 0.6 is 0 Å². The summed E-state index contributed by atoms with van der Waals surface area (Å²) in [4.78, 5) is 25.6. The first-order valence-electron chi connectivity index (χ1n) is 8.14. The number of carbonyl (C=O) groups is 2. The highest BCUT2D eigenvalue weighted by Crippen LogP contribution is 2.21. The van der Waals surface area contributed by atoms with Gasteiger partial charge in [0, 0.05) is 30.9 Å². The normalized spacial score (nSPS) is 10.3. The first-order chi connectivity index (χ1) is 13.0. The molecule has 2 amide bonds. The van der Waals surface area contributed by atoms with E-state index in [-0.39, 0.29) is 18.4 Å². The van der Waals surface area contributed by atoms with Gasteiger partial charge in [0.15, 0.2) is 6.61 Å². The largest absolute Gasteiger partial charge is 0.484 e. The van der Waals surface area contributed by atoms with E-state index >= 15 is 0 Å². The molecule has 1 N–H and O–H groups in total. The Kier molecular flexibility index (Phi) is 5.46. The predicted molar refractivity (Wildman–Crippen MR) is 98.3 cm³/mol. The van der Waals surface area contributed by atoms with Crippen LogP contribution in [-0.2, 0) is 4.79 Å². The Balaban J connectivity index is 1.60.